The molecule has 0 saturated carbocycles. The Bertz CT molecular complexity index is 464. The molecule has 2 rings (SSSR count). The standard InChI is InChI=1S/C10H7F4NO2/c11-6-2-1-5(3-7(6)12)8-10(13,14)4-17-9(16)15-8/h1-3,8H,4H2,(H,15,16)/t8-/m0/s1. The van der Waals surface area contributed by atoms with Crippen LogP contribution in [0.3, 0.4) is 0 Å². The number of hydrogen-bond donors (Lipinski definition) is 1. The SMILES string of the molecule is O=C1N[C@@H](c2ccc(F)c(F)c2)C(F)(F)CO1. The maximum absolute atomic E-state index is 13.4. The van der Waals surface area contributed by atoms with Crippen LogP contribution in [0.5, 0.6) is 0 Å². The summed E-state index contributed by atoms with van der Waals surface area (Å²) in [4.78, 5) is 10.9. The number of alkyl carbamates (subject to hydrolysis) is 1. The van der Waals surface area contributed by atoms with Gasteiger partial charge in [-0.1, -0.05) is 6.07 Å². The number of hydrogen-bond acceptors (Lipinski definition) is 2. The molecule has 0 radical (unpaired) electrons. The van der Waals surface area contributed by atoms with Gasteiger partial charge in [0, 0.05) is 0 Å². The minimum atomic E-state index is -3.38. The normalized spacial score (nSPS) is 22.8. The largest absolute Gasteiger partial charge is 0.443 e. The maximum atomic E-state index is 13.4. The lowest BCUT2D eigenvalue weighted by molar-refractivity contribution is -0.104. The van der Waals surface area contributed by atoms with Crippen molar-refractivity contribution in [3.63, 3.8) is 0 Å². The highest BCUT2D eigenvalue weighted by Crippen LogP contribution is 2.34. The van der Waals surface area contributed by atoms with Crippen molar-refractivity contribution in [2.24, 2.45) is 0 Å². The number of halogens is 4. The van der Waals surface area contributed by atoms with E-state index < -0.39 is 36.3 Å². The molecule has 1 aromatic carbocycles. The lowest BCUT2D eigenvalue weighted by Gasteiger charge is -2.31. The summed E-state index contributed by atoms with van der Waals surface area (Å²) in [6.45, 7) is -1.09. The van der Waals surface area contributed by atoms with E-state index in [2.05, 4.69) is 4.74 Å². The van der Waals surface area contributed by atoms with Crippen LogP contribution in [0, 0.1) is 11.6 Å². The summed E-state index contributed by atoms with van der Waals surface area (Å²) < 4.78 is 56.5. The first-order valence-corrected chi connectivity index (χ1v) is 4.66. The van der Waals surface area contributed by atoms with Crippen molar-refractivity contribution in [1.29, 1.82) is 0 Å². The number of nitrogens with one attached hydrogen (secondary N) is 1. The molecule has 17 heavy (non-hydrogen) atoms. The van der Waals surface area contributed by atoms with Crippen molar-refractivity contribution in [2.75, 3.05) is 6.61 Å². The molecule has 0 spiro atoms. The number of carbonyl (C=O) groups excluding carboxylic acids is 1. The summed E-state index contributed by atoms with van der Waals surface area (Å²) in [7, 11) is 0. The van der Waals surface area contributed by atoms with Gasteiger partial charge in [-0.05, 0) is 17.7 Å². The third kappa shape index (κ3) is 2.17. The van der Waals surface area contributed by atoms with E-state index >= 15 is 0 Å². The third-order valence-electron chi connectivity index (χ3n) is 2.36. The van der Waals surface area contributed by atoms with Gasteiger partial charge in [-0.25, -0.2) is 22.4 Å². The van der Waals surface area contributed by atoms with Crippen molar-refractivity contribution in [1.82, 2.24) is 5.32 Å². The molecule has 0 aliphatic carbocycles. The number of cyclic esters (lactones) is 1. The van der Waals surface area contributed by atoms with Crippen LogP contribution in [-0.4, -0.2) is 18.6 Å². The van der Waals surface area contributed by atoms with Gasteiger partial charge in [0.25, 0.3) is 0 Å². The van der Waals surface area contributed by atoms with Crippen LogP contribution < -0.4 is 5.32 Å². The minimum absolute atomic E-state index is 0.217. The number of rotatable bonds is 1. The average molecular weight is 249 g/mol. The first-order valence-electron chi connectivity index (χ1n) is 4.66. The maximum Gasteiger partial charge on any atom is 0.408 e. The van der Waals surface area contributed by atoms with Gasteiger partial charge in [-0.2, -0.15) is 0 Å². The van der Waals surface area contributed by atoms with E-state index in [-0.39, 0.29) is 5.56 Å². The lowest BCUT2D eigenvalue weighted by Crippen LogP contribution is -2.49. The predicted octanol–water partition coefficient (Wildman–Crippen LogP) is 2.38. The Labute approximate surface area is 93.4 Å². The molecule has 0 aromatic heterocycles. The second-order valence-electron chi connectivity index (χ2n) is 3.59. The highest BCUT2D eigenvalue weighted by molar-refractivity contribution is 5.69. The second kappa shape index (κ2) is 3.90. The van der Waals surface area contributed by atoms with Gasteiger partial charge in [-0.3, -0.25) is 0 Å². The highest BCUT2D eigenvalue weighted by atomic mass is 19.3. The van der Waals surface area contributed by atoms with Gasteiger partial charge in [0.15, 0.2) is 18.2 Å². The zero-order valence-corrected chi connectivity index (χ0v) is 8.34. The zero-order valence-electron chi connectivity index (χ0n) is 8.34. The van der Waals surface area contributed by atoms with Crippen LogP contribution in [0.15, 0.2) is 18.2 Å². The molecule has 0 bridgehead atoms. The first-order chi connectivity index (χ1) is 7.90. The van der Waals surface area contributed by atoms with E-state index in [1.807, 2.05) is 5.32 Å². The number of benzene rings is 1. The van der Waals surface area contributed by atoms with Crippen molar-refractivity contribution in [3.05, 3.63) is 35.4 Å². The van der Waals surface area contributed by atoms with Gasteiger partial charge in [0.2, 0.25) is 0 Å². The fourth-order valence-corrected chi connectivity index (χ4v) is 1.53. The van der Waals surface area contributed by atoms with Gasteiger partial charge in [-0.15, -0.1) is 0 Å². The van der Waals surface area contributed by atoms with Crippen molar-refractivity contribution < 1.29 is 27.1 Å². The monoisotopic (exact) mass is 249 g/mol. The predicted molar refractivity (Wildman–Crippen MR) is 48.5 cm³/mol. The lowest BCUT2D eigenvalue weighted by atomic mass is 10.00. The van der Waals surface area contributed by atoms with E-state index in [1.165, 1.54) is 0 Å². The Morgan fingerprint density at radius 2 is 2.00 bits per heavy atom. The molecule has 1 amide bonds. The molecule has 1 fully saturated rings. The summed E-state index contributed by atoms with van der Waals surface area (Å²) in [5, 5.41) is 1.87. The molecule has 1 saturated heterocycles. The van der Waals surface area contributed by atoms with Crippen LogP contribution in [0.2, 0.25) is 0 Å². The number of ether oxygens (including phenoxy) is 1. The Morgan fingerprint density at radius 3 is 2.65 bits per heavy atom. The van der Waals surface area contributed by atoms with Gasteiger partial charge in [0.05, 0.1) is 0 Å². The Hall–Kier alpha value is -1.79. The topological polar surface area (TPSA) is 38.3 Å². The molecule has 1 N–H and O–H groups in total. The smallest absolute Gasteiger partial charge is 0.408 e. The first kappa shape index (κ1) is 11.7. The van der Waals surface area contributed by atoms with Crippen LogP contribution >= 0.6 is 0 Å². The fraction of sp³-hybridized carbons (Fsp3) is 0.300. The Morgan fingerprint density at radius 1 is 1.29 bits per heavy atom. The third-order valence-corrected chi connectivity index (χ3v) is 2.36. The van der Waals surface area contributed by atoms with Crippen LogP contribution in [0.25, 0.3) is 0 Å². The molecule has 1 aromatic rings. The second-order valence-corrected chi connectivity index (χ2v) is 3.59. The van der Waals surface area contributed by atoms with E-state index in [0.717, 1.165) is 12.1 Å². The molecule has 1 heterocycles. The quantitative estimate of drug-likeness (QED) is 0.776. The van der Waals surface area contributed by atoms with E-state index in [1.54, 1.807) is 0 Å². The van der Waals surface area contributed by atoms with Gasteiger partial charge < -0.3 is 10.1 Å². The zero-order chi connectivity index (χ0) is 12.6. The molecule has 1 aliphatic rings. The molecule has 0 unspecified atom stereocenters. The van der Waals surface area contributed by atoms with Crippen molar-refractivity contribution in [3.8, 4) is 0 Å². The Balaban J connectivity index is 2.36. The van der Waals surface area contributed by atoms with E-state index in [4.69, 9.17) is 0 Å². The summed E-state index contributed by atoms with van der Waals surface area (Å²) in [5.41, 5.74) is -0.217. The van der Waals surface area contributed by atoms with Gasteiger partial charge >= 0.3 is 12.0 Å². The number of alkyl halides is 2. The van der Waals surface area contributed by atoms with E-state index in [0.29, 0.717) is 6.07 Å². The molecule has 1 atom stereocenters. The summed E-state index contributed by atoms with van der Waals surface area (Å²) in [6, 6.07) is 0.614. The highest BCUT2D eigenvalue weighted by Gasteiger charge is 2.46. The molecule has 3 nitrogen and oxygen atoms in total. The fourth-order valence-electron chi connectivity index (χ4n) is 1.53. The van der Waals surface area contributed by atoms with Crippen LogP contribution in [0.4, 0.5) is 22.4 Å². The van der Waals surface area contributed by atoms with Crippen molar-refractivity contribution >= 4 is 6.09 Å². The molecule has 7 heteroatoms. The number of carbonyl (C=O) groups is 1. The van der Waals surface area contributed by atoms with Crippen molar-refractivity contribution in [2.45, 2.75) is 12.0 Å². The molecule has 92 valence electrons. The van der Waals surface area contributed by atoms with Crippen LogP contribution in [0.1, 0.15) is 11.6 Å². The van der Waals surface area contributed by atoms with E-state index in [9.17, 15) is 22.4 Å². The van der Waals surface area contributed by atoms with Gasteiger partial charge in [0.1, 0.15) is 6.04 Å². The molecule has 1 aliphatic heterocycles. The minimum Gasteiger partial charge on any atom is -0.443 e. The summed E-state index contributed by atoms with van der Waals surface area (Å²) in [5.74, 6) is -5.77. The molecular formula is C10H7F4NO2. The summed E-state index contributed by atoms with van der Waals surface area (Å²) >= 11 is 0. The molecular weight excluding hydrogens is 242 g/mol. The number of amides is 1. The van der Waals surface area contributed by atoms with Crippen LogP contribution in [-0.2, 0) is 4.74 Å². The summed E-state index contributed by atoms with van der Waals surface area (Å²) in [6.07, 6.45) is -1.02. The Kier molecular flexibility index (Phi) is 2.68. The average Bonchev–Trinajstić information content (AvgIpc) is 2.26.